The largest absolute Gasteiger partial charge is 0.390 e. The van der Waals surface area contributed by atoms with Gasteiger partial charge in [0.15, 0.2) is 0 Å². The van der Waals surface area contributed by atoms with E-state index in [1.54, 1.807) is 0 Å². The van der Waals surface area contributed by atoms with Crippen LogP contribution in [0.5, 0.6) is 0 Å². The lowest BCUT2D eigenvalue weighted by molar-refractivity contribution is -0.0730. The van der Waals surface area contributed by atoms with Crippen LogP contribution in [0.3, 0.4) is 0 Å². The Kier molecular flexibility index (Phi) is 4.72. The van der Waals surface area contributed by atoms with Gasteiger partial charge >= 0.3 is 0 Å². The normalized spacial score (nSPS) is 34.8. The minimum atomic E-state index is -0.671. The van der Waals surface area contributed by atoms with E-state index >= 15 is 0 Å². The minimum Gasteiger partial charge on any atom is -0.390 e. The monoisotopic (exact) mass is 226 g/mol. The third kappa shape index (κ3) is 4.09. The molecule has 3 unspecified atom stereocenters. The zero-order valence-electron chi connectivity index (χ0n) is 10.4. The summed E-state index contributed by atoms with van der Waals surface area (Å²) in [5.41, 5.74) is -0.671. The van der Waals surface area contributed by atoms with Crippen molar-refractivity contribution in [3.63, 3.8) is 0 Å². The van der Waals surface area contributed by atoms with E-state index in [2.05, 4.69) is 13.8 Å². The van der Waals surface area contributed by atoms with Crippen molar-refractivity contribution < 1.29 is 14.6 Å². The van der Waals surface area contributed by atoms with Gasteiger partial charge < -0.3 is 9.84 Å². The maximum atomic E-state index is 10.5. The van der Waals surface area contributed by atoms with Gasteiger partial charge in [-0.3, -0.25) is 0 Å². The molecule has 1 aliphatic carbocycles. The average molecular weight is 226 g/mol. The fourth-order valence-corrected chi connectivity index (χ4v) is 2.19. The molecule has 3 heteroatoms. The summed E-state index contributed by atoms with van der Waals surface area (Å²) in [5.74, 6) is 2.32. The van der Waals surface area contributed by atoms with Crippen molar-refractivity contribution in [1.82, 2.24) is 0 Å². The van der Waals surface area contributed by atoms with Gasteiger partial charge in [0, 0.05) is 18.6 Å². The van der Waals surface area contributed by atoms with Gasteiger partial charge in [0.1, 0.15) is 5.94 Å². The van der Waals surface area contributed by atoms with Crippen molar-refractivity contribution in [1.29, 1.82) is 0 Å². The first-order valence-corrected chi connectivity index (χ1v) is 5.99. The molecule has 1 saturated carbocycles. The standard InChI is InChI=1S/C13H22O3/c1-10(2)9-16-12-4-6-13(3,15)8-11(12)5-7-14/h5,10-12,15H,4,6,8-9H2,1-3H3. The number of ether oxygens (including phenoxy) is 1. The van der Waals surface area contributed by atoms with Crippen molar-refractivity contribution in [3.05, 3.63) is 6.08 Å². The first kappa shape index (κ1) is 13.4. The highest BCUT2D eigenvalue weighted by Gasteiger charge is 2.36. The van der Waals surface area contributed by atoms with Gasteiger partial charge in [0.05, 0.1) is 11.7 Å². The van der Waals surface area contributed by atoms with Crippen molar-refractivity contribution in [2.24, 2.45) is 11.8 Å². The molecule has 92 valence electrons. The molecule has 0 saturated heterocycles. The molecule has 0 aromatic heterocycles. The highest BCUT2D eigenvalue weighted by atomic mass is 16.5. The Labute approximate surface area is 97.5 Å². The summed E-state index contributed by atoms with van der Waals surface area (Å²) in [6.07, 6.45) is 3.69. The lowest BCUT2D eigenvalue weighted by Gasteiger charge is -2.38. The number of carbonyl (C=O) groups excluding carboxylic acids is 1. The van der Waals surface area contributed by atoms with Crippen LogP contribution in [-0.4, -0.2) is 29.4 Å². The van der Waals surface area contributed by atoms with Crippen molar-refractivity contribution >= 4 is 5.94 Å². The quantitative estimate of drug-likeness (QED) is 0.745. The third-order valence-corrected chi connectivity index (χ3v) is 3.05. The van der Waals surface area contributed by atoms with Crippen LogP contribution in [0.25, 0.3) is 0 Å². The van der Waals surface area contributed by atoms with E-state index in [1.807, 2.05) is 12.9 Å². The minimum absolute atomic E-state index is 0.000000000000000222. The molecule has 0 spiro atoms. The van der Waals surface area contributed by atoms with Gasteiger partial charge in [-0.05, 0) is 32.1 Å². The summed E-state index contributed by atoms with van der Waals surface area (Å²) in [6.45, 7) is 6.72. The predicted molar refractivity (Wildman–Crippen MR) is 62.8 cm³/mol. The van der Waals surface area contributed by atoms with Gasteiger partial charge in [0.25, 0.3) is 0 Å². The lowest BCUT2D eigenvalue weighted by Crippen LogP contribution is -2.40. The van der Waals surface area contributed by atoms with E-state index in [9.17, 15) is 9.90 Å². The SMILES string of the molecule is CC(C)COC1CCC(C)(O)CC1C=C=O. The van der Waals surface area contributed by atoms with E-state index in [1.165, 1.54) is 6.08 Å². The second kappa shape index (κ2) is 5.62. The van der Waals surface area contributed by atoms with E-state index in [0.717, 1.165) is 12.8 Å². The molecule has 3 atom stereocenters. The number of aliphatic hydroxyl groups is 1. The Morgan fingerprint density at radius 1 is 1.62 bits per heavy atom. The molecule has 3 nitrogen and oxygen atoms in total. The Balaban J connectivity index is 2.58. The zero-order valence-corrected chi connectivity index (χ0v) is 10.4. The van der Waals surface area contributed by atoms with E-state index < -0.39 is 5.60 Å². The highest BCUT2D eigenvalue weighted by Crippen LogP contribution is 2.34. The smallest absolute Gasteiger partial charge is 0.120 e. The summed E-state index contributed by atoms with van der Waals surface area (Å²) >= 11 is 0. The van der Waals surface area contributed by atoms with Crippen LogP contribution >= 0.6 is 0 Å². The molecule has 0 heterocycles. The first-order chi connectivity index (χ1) is 7.44. The van der Waals surface area contributed by atoms with E-state index in [4.69, 9.17) is 4.74 Å². The lowest BCUT2D eigenvalue weighted by atomic mass is 9.77. The summed E-state index contributed by atoms with van der Waals surface area (Å²) in [4.78, 5) is 10.5. The summed E-state index contributed by atoms with van der Waals surface area (Å²) in [5, 5.41) is 9.96. The summed E-state index contributed by atoms with van der Waals surface area (Å²) < 4.78 is 5.78. The molecule has 0 bridgehead atoms. The van der Waals surface area contributed by atoms with Gasteiger partial charge in [0.2, 0.25) is 0 Å². The van der Waals surface area contributed by atoms with Crippen LogP contribution in [0.2, 0.25) is 0 Å². The molecule has 0 aliphatic heterocycles. The Morgan fingerprint density at radius 3 is 2.88 bits per heavy atom. The van der Waals surface area contributed by atoms with Gasteiger partial charge in [-0.25, -0.2) is 4.79 Å². The Bertz CT molecular complexity index is 262. The fourth-order valence-electron chi connectivity index (χ4n) is 2.19. The van der Waals surface area contributed by atoms with Crippen LogP contribution < -0.4 is 0 Å². The van der Waals surface area contributed by atoms with Crippen molar-refractivity contribution in [2.75, 3.05) is 6.61 Å². The molecule has 1 aliphatic rings. The van der Waals surface area contributed by atoms with Crippen LogP contribution in [0.4, 0.5) is 0 Å². The second-order valence-electron chi connectivity index (χ2n) is 5.45. The van der Waals surface area contributed by atoms with Crippen molar-refractivity contribution in [2.45, 2.75) is 51.7 Å². The van der Waals surface area contributed by atoms with Crippen LogP contribution in [-0.2, 0) is 9.53 Å². The highest BCUT2D eigenvalue weighted by molar-refractivity contribution is 5.46. The summed E-state index contributed by atoms with van der Waals surface area (Å²) in [7, 11) is 0. The fraction of sp³-hybridized carbons (Fsp3) is 0.846. The van der Waals surface area contributed by atoms with Gasteiger partial charge in [-0.1, -0.05) is 13.8 Å². The maximum Gasteiger partial charge on any atom is 0.120 e. The molecule has 0 aromatic rings. The Hall–Kier alpha value is -0.630. The topological polar surface area (TPSA) is 46.5 Å². The molecule has 0 amide bonds. The molecular weight excluding hydrogens is 204 g/mol. The van der Waals surface area contributed by atoms with Gasteiger partial charge in [-0.15, -0.1) is 0 Å². The first-order valence-electron chi connectivity index (χ1n) is 5.99. The third-order valence-electron chi connectivity index (χ3n) is 3.05. The van der Waals surface area contributed by atoms with Crippen LogP contribution in [0, 0.1) is 11.8 Å². The van der Waals surface area contributed by atoms with Crippen molar-refractivity contribution in [3.8, 4) is 0 Å². The zero-order chi connectivity index (χ0) is 12.2. The average Bonchev–Trinajstić information content (AvgIpc) is 2.15. The number of hydrogen-bond donors (Lipinski definition) is 1. The van der Waals surface area contributed by atoms with Gasteiger partial charge in [-0.2, -0.15) is 0 Å². The molecule has 16 heavy (non-hydrogen) atoms. The van der Waals surface area contributed by atoms with Crippen LogP contribution in [0.15, 0.2) is 6.08 Å². The van der Waals surface area contributed by atoms with E-state index in [-0.39, 0.29) is 12.0 Å². The Morgan fingerprint density at radius 2 is 2.31 bits per heavy atom. The number of hydrogen-bond acceptors (Lipinski definition) is 3. The number of rotatable bonds is 4. The molecular formula is C13H22O3. The molecule has 1 fully saturated rings. The molecule has 1 rings (SSSR count). The molecule has 0 radical (unpaired) electrons. The molecule has 1 N–H and O–H groups in total. The second-order valence-corrected chi connectivity index (χ2v) is 5.45. The molecule has 0 aromatic carbocycles. The van der Waals surface area contributed by atoms with E-state index in [0.29, 0.717) is 18.9 Å². The van der Waals surface area contributed by atoms with Crippen LogP contribution in [0.1, 0.15) is 40.0 Å². The maximum absolute atomic E-state index is 10.5. The summed E-state index contributed by atoms with van der Waals surface area (Å²) in [6, 6.07) is 0. The predicted octanol–water partition coefficient (Wildman–Crippen LogP) is 1.97.